The van der Waals surface area contributed by atoms with Crippen LogP contribution < -0.4 is 11.1 Å². The molecule has 4 rings (SSSR count). The average Bonchev–Trinajstić information content (AvgIpc) is 3.40. The maximum absolute atomic E-state index is 12.4. The van der Waals surface area contributed by atoms with Crippen molar-refractivity contribution in [3.8, 4) is 0 Å². The highest BCUT2D eigenvalue weighted by molar-refractivity contribution is 6.06. The maximum Gasteiger partial charge on any atom is 0.220 e. The van der Waals surface area contributed by atoms with Gasteiger partial charge < -0.3 is 11.1 Å². The van der Waals surface area contributed by atoms with Crippen molar-refractivity contribution >= 4 is 34.0 Å². The number of fused-ring (bicyclic) bond motifs is 3. The Morgan fingerprint density at radius 2 is 1.34 bits per heavy atom. The third-order valence-corrected chi connectivity index (χ3v) is 9.19. The van der Waals surface area contributed by atoms with Gasteiger partial charge in [0, 0.05) is 30.0 Å². The Kier molecular flexibility index (Phi) is 14.2. The zero-order chi connectivity index (χ0) is 31.0. The van der Waals surface area contributed by atoms with Crippen molar-refractivity contribution < 1.29 is 4.79 Å². The second-order valence-corrected chi connectivity index (χ2v) is 12.8. The van der Waals surface area contributed by atoms with E-state index < -0.39 is 0 Å². The summed E-state index contributed by atoms with van der Waals surface area (Å²) in [6, 6.07) is 17.0. The lowest BCUT2D eigenvalue weighted by molar-refractivity contribution is -0.121. The van der Waals surface area contributed by atoms with Gasteiger partial charge in [0.05, 0.1) is 5.52 Å². The van der Waals surface area contributed by atoms with Crippen molar-refractivity contribution in [1.82, 2.24) is 10.3 Å². The minimum absolute atomic E-state index is 0.162. The van der Waals surface area contributed by atoms with E-state index in [1.54, 1.807) is 0 Å². The summed E-state index contributed by atoms with van der Waals surface area (Å²) >= 11 is 0. The molecule has 1 aliphatic heterocycles. The van der Waals surface area contributed by atoms with Crippen LogP contribution in [0.4, 0.5) is 11.5 Å². The Labute approximate surface area is 266 Å². The van der Waals surface area contributed by atoms with Crippen LogP contribution in [0.5, 0.6) is 0 Å². The molecule has 0 saturated heterocycles. The van der Waals surface area contributed by atoms with Gasteiger partial charge in [0.15, 0.2) is 0 Å². The van der Waals surface area contributed by atoms with E-state index in [2.05, 4.69) is 60.5 Å². The van der Waals surface area contributed by atoms with Crippen LogP contribution in [0.15, 0.2) is 53.5 Å². The molecule has 3 aromatic rings. The second-order valence-electron chi connectivity index (χ2n) is 12.8. The van der Waals surface area contributed by atoms with Crippen molar-refractivity contribution in [2.24, 2.45) is 4.99 Å². The highest BCUT2D eigenvalue weighted by atomic mass is 16.1. The summed E-state index contributed by atoms with van der Waals surface area (Å²) in [7, 11) is 0. The first kappa shape index (κ1) is 33.7. The summed E-state index contributed by atoms with van der Waals surface area (Å²) in [6.07, 6.45) is 21.9. The predicted molar refractivity (Wildman–Crippen MR) is 188 cm³/mol. The summed E-state index contributed by atoms with van der Waals surface area (Å²) < 4.78 is 0. The van der Waals surface area contributed by atoms with E-state index in [9.17, 15) is 4.79 Å². The SMILES string of the molecule is CCCCCCCCCCCCCCCC(=O)NCc1ccc(CC2C(CCCC)=Nc3c(N)nc4ccccc4c32)cc1. The van der Waals surface area contributed by atoms with Gasteiger partial charge in [-0.1, -0.05) is 140 Å². The van der Waals surface area contributed by atoms with Crippen molar-refractivity contribution in [3.63, 3.8) is 0 Å². The monoisotopic (exact) mass is 596 g/mol. The standard InChI is InChI=1S/C39H56N4O/c1-3-5-7-8-9-10-11-12-13-14-15-16-17-23-36(44)41-29-31-26-24-30(25-27-31)28-33-35(21-6-4-2)42-38-37(33)32-20-18-19-22-34(32)43-39(38)40/h18-20,22,24-27,33H,3-17,21,23,28-29H2,1-2H3,(H2,40,43)(H,41,44). The van der Waals surface area contributed by atoms with E-state index in [1.807, 2.05) is 12.1 Å². The number of nitrogen functional groups attached to an aromatic ring is 1. The van der Waals surface area contributed by atoms with Crippen LogP contribution in [0.1, 0.15) is 146 Å². The first-order valence-electron chi connectivity index (χ1n) is 17.7. The normalized spacial score (nSPS) is 14.1. The summed E-state index contributed by atoms with van der Waals surface area (Å²) in [5.41, 5.74) is 13.0. The Bertz CT molecular complexity index is 1330. The highest BCUT2D eigenvalue weighted by Gasteiger charge is 2.31. The number of carbonyl (C=O) groups excluding carboxylic acids is 1. The molecule has 1 aromatic heterocycles. The zero-order valence-electron chi connectivity index (χ0n) is 27.5. The molecule has 2 aromatic carbocycles. The molecule has 0 bridgehead atoms. The molecule has 2 heterocycles. The molecule has 0 fully saturated rings. The number of anilines is 1. The average molecular weight is 597 g/mol. The number of nitrogens with one attached hydrogen (secondary N) is 1. The Hall–Kier alpha value is -3.21. The third-order valence-electron chi connectivity index (χ3n) is 9.19. The van der Waals surface area contributed by atoms with Gasteiger partial charge in [-0.3, -0.25) is 9.79 Å². The van der Waals surface area contributed by atoms with Crippen LogP contribution in [0.2, 0.25) is 0 Å². The molecule has 1 atom stereocenters. The molecule has 238 valence electrons. The summed E-state index contributed by atoms with van der Waals surface area (Å²) in [4.78, 5) is 22.1. The van der Waals surface area contributed by atoms with Crippen molar-refractivity contribution in [1.29, 1.82) is 0 Å². The number of hydrogen-bond acceptors (Lipinski definition) is 4. The zero-order valence-corrected chi connectivity index (χ0v) is 27.5. The van der Waals surface area contributed by atoms with Crippen LogP contribution in [-0.4, -0.2) is 16.6 Å². The lowest BCUT2D eigenvalue weighted by Crippen LogP contribution is -2.22. The molecule has 0 aliphatic carbocycles. The molecule has 1 unspecified atom stereocenters. The van der Waals surface area contributed by atoms with E-state index in [1.165, 1.54) is 87.5 Å². The van der Waals surface area contributed by atoms with E-state index >= 15 is 0 Å². The fraction of sp³-hybridized carbons (Fsp3) is 0.564. The van der Waals surface area contributed by atoms with Gasteiger partial charge in [0.2, 0.25) is 5.91 Å². The summed E-state index contributed by atoms with van der Waals surface area (Å²) in [5.74, 6) is 0.896. The molecule has 3 N–H and O–H groups in total. The number of nitrogens with zero attached hydrogens (tertiary/aromatic N) is 2. The number of amides is 1. The van der Waals surface area contributed by atoms with Gasteiger partial charge in [-0.2, -0.15) is 0 Å². The first-order valence-corrected chi connectivity index (χ1v) is 17.7. The molecule has 1 aliphatic rings. The Balaban J connectivity index is 1.17. The third kappa shape index (κ3) is 10.2. The number of unbranched alkanes of at least 4 members (excludes halogenated alkanes) is 13. The van der Waals surface area contributed by atoms with Gasteiger partial charge in [-0.15, -0.1) is 0 Å². The Morgan fingerprint density at radius 3 is 2.00 bits per heavy atom. The van der Waals surface area contributed by atoms with Gasteiger partial charge in [-0.25, -0.2) is 4.98 Å². The van der Waals surface area contributed by atoms with Crippen LogP contribution in [0.25, 0.3) is 10.9 Å². The van der Waals surface area contributed by atoms with Crippen molar-refractivity contribution in [3.05, 3.63) is 65.2 Å². The number of hydrogen-bond donors (Lipinski definition) is 2. The number of benzene rings is 2. The minimum atomic E-state index is 0.162. The lowest BCUT2D eigenvalue weighted by atomic mass is 9.85. The molecule has 5 nitrogen and oxygen atoms in total. The largest absolute Gasteiger partial charge is 0.382 e. The maximum atomic E-state index is 12.4. The fourth-order valence-corrected chi connectivity index (χ4v) is 6.53. The van der Waals surface area contributed by atoms with E-state index in [4.69, 9.17) is 10.7 Å². The predicted octanol–water partition coefficient (Wildman–Crippen LogP) is 10.5. The van der Waals surface area contributed by atoms with E-state index in [0.717, 1.165) is 60.7 Å². The van der Waals surface area contributed by atoms with Crippen molar-refractivity contribution in [2.75, 3.05) is 5.73 Å². The fourth-order valence-electron chi connectivity index (χ4n) is 6.53. The van der Waals surface area contributed by atoms with Gasteiger partial charge in [0.1, 0.15) is 11.5 Å². The number of nitrogens with two attached hydrogens (primary N) is 1. The lowest BCUT2D eigenvalue weighted by Gasteiger charge is -2.17. The minimum Gasteiger partial charge on any atom is -0.382 e. The first-order chi connectivity index (χ1) is 21.6. The van der Waals surface area contributed by atoms with E-state index in [0.29, 0.717) is 18.8 Å². The molecule has 0 saturated carbocycles. The van der Waals surface area contributed by atoms with Gasteiger partial charge in [0.25, 0.3) is 0 Å². The smallest absolute Gasteiger partial charge is 0.220 e. The summed E-state index contributed by atoms with van der Waals surface area (Å²) in [6.45, 7) is 5.08. The molecule has 5 heteroatoms. The highest BCUT2D eigenvalue weighted by Crippen LogP contribution is 2.45. The number of rotatable bonds is 21. The molecular formula is C39H56N4O. The molecular weight excluding hydrogens is 540 g/mol. The number of aliphatic imine (C=N–C) groups is 1. The van der Waals surface area contributed by atoms with Crippen LogP contribution in [0.3, 0.4) is 0 Å². The van der Waals surface area contributed by atoms with Gasteiger partial charge >= 0.3 is 0 Å². The topological polar surface area (TPSA) is 80.4 Å². The molecule has 0 spiro atoms. The summed E-state index contributed by atoms with van der Waals surface area (Å²) in [5, 5.41) is 4.28. The number of pyridine rings is 1. The molecule has 1 amide bonds. The molecule has 0 radical (unpaired) electrons. The van der Waals surface area contributed by atoms with Crippen LogP contribution in [-0.2, 0) is 17.8 Å². The van der Waals surface area contributed by atoms with E-state index in [-0.39, 0.29) is 11.8 Å². The van der Waals surface area contributed by atoms with Crippen LogP contribution in [0, 0.1) is 0 Å². The number of para-hydroxylation sites is 1. The Morgan fingerprint density at radius 1 is 0.750 bits per heavy atom. The van der Waals surface area contributed by atoms with Gasteiger partial charge in [-0.05, 0) is 48.4 Å². The number of aromatic nitrogens is 1. The molecule has 44 heavy (non-hydrogen) atoms. The second kappa shape index (κ2) is 18.6. The number of carbonyl (C=O) groups is 1. The van der Waals surface area contributed by atoms with Crippen LogP contribution >= 0.6 is 0 Å². The van der Waals surface area contributed by atoms with Crippen molar-refractivity contribution in [2.45, 2.75) is 142 Å². The quantitative estimate of drug-likeness (QED) is 0.120.